The summed E-state index contributed by atoms with van der Waals surface area (Å²) in [7, 11) is 0. The standard InChI is InChI=1S/C14H21N3O/c1-6(2)12(15)13-16-14(18-17-13)11-9-7-3-4-8(5-7)10(9)11/h6-12H,3-5,15H2,1-2H3. The van der Waals surface area contributed by atoms with E-state index < -0.39 is 0 Å². The number of hydrogen-bond acceptors (Lipinski definition) is 4. The minimum absolute atomic E-state index is 0.0992. The van der Waals surface area contributed by atoms with Crippen LogP contribution in [0.3, 0.4) is 0 Å². The molecule has 4 heteroatoms. The highest BCUT2D eigenvalue weighted by Crippen LogP contribution is 2.72. The van der Waals surface area contributed by atoms with Gasteiger partial charge in [-0.05, 0) is 48.9 Å². The van der Waals surface area contributed by atoms with E-state index >= 15 is 0 Å². The van der Waals surface area contributed by atoms with E-state index in [1.165, 1.54) is 19.3 Å². The molecule has 0 spiro atoms. The fourth-order valence-electron chi connectivity index (χ4n) is 4.47. The van der Waals surface area contributed by atoms with Gasteiger partial charge < -0.3 is 10.3 Å². The molecule has 5 atom stereocenters. The highest BCUT2D eigenvalue weighted by atomic mass is 16.5. The first-order chi connectivity index (χ1) is 8.66. The van der Waals surface area contributed by atoms with Crippen molar-refractivity contribution in [1.29, 1.82) is 0 Å². The SMILES string of the molecule is CC(C)C(N)c1noc(C2C3C4CCC(C4)C23)n1. The molecule has 4 nitrogen and oxygen atoms in total. The second-order valence-electron chi connectivity index (χ2n) is 6.77. The Morgan fingerprint density at radius 2 is 1.89 bits per heavy atom. The lowest BCUT2D eigenvalue weighted by Crippen LogP contribution is -2.18. The minimum Gasteiger partial charge on any atom is -0.339 e. The smallest absolute Gasteiger partial charge is 0.230 e. The summed E-state index contributed by atoms with van der Waals surface area (Å²) in [5, 5.41) is 4.09. The molecular formula is C14H21N3O. The maximum atomic E-state index is 6.07. The van der Waals surface area contributed by atoms with Crippen molar-refractivity contribution in [1.82, 2.24) is 10.1 Å². The fourth-order valence-corrected chi connectivity index (χ4v) is 4.47. The van der Waals surface area contributed by atoms with Gasteiger partial charge in [0.25, 0.3) is 0 Å². The molecule has 0 amide bonds. The topological polar surface area (TPSA) is 64.9 Å². The highest BCUT2D eigenvalue weighted by molar-refractivity contribution is 5.23. The van der Waals surface area contributed by atoms with Crippen LogP contribution in [0.5, 0.6) is 0 Å². The van der Waals surface area contributed by atoms with Crippen LogP contribution in [-0.4, -0.2) is 10.1 Å². The van der Waals surface area contributed by atoms with E-state index in [1.54, 1.807) is 0 Å². The molecule has 1 aromatic rings. The quantitative estimate of drug-likeness (QED) is 0.891. The Hall–Kier alpha value is -0.900. The monoisotopic (exact) mass is 247 g/mol. The van der Waals surface area contributed by atoms with Crippen molar-refractivity contribution in [3.05, 3.63) is 11.7 Å². The normalized spacial score (nSPS) is 42.3. The Morgan fingerprint density at radius 1 is 1.22 bits per heavy atom. The van der Waals surface area contributed by atoms with E-state index in [9.17, 15) is 0 Å². The van der Waals surface area contributed by atoms with Crippen LogP contribution in [-0.2, 0) is 0 Å². The first-order valence-corrected chi connectivity index (χ1v) is 7.26. The number of rotatable bonds is 3. The van der Waals surface area contributed by atoms with Crippen LogP contribution >= 0.6 is 0 Å². The number of hydrogen-bond donors (Lipinski definition) is 1. The third-order valence-corrected chi connectivity index (χ3v) is 5.49. The Balaban J connectivity index is 1.54. The van der Waals surface area contributed by atoms with E-state index in [1.807, 2.05) is 0 Å². The van der Waals surface area contributed by atoms with Gasteiger partial charge in [0.05, 0.1) is 6.04 Å². The summed E-state index contributed by atoms with van der Waals surface area (Å²) >= 11 is 0. The molecule has 5 unspecified atom stereocenters. The lowest BCUT2D eigenvalue weighted by atomic mass is 10.0. The van der Waals surface area contributed by atoms with Crippen molar-refractivity contribution in [2.45, 2.75) is 45.1 Å². The lowest BCUT2D eigenvalue weighted by Gasteiger charge is -2.09. The predicted octanol–water partition coefficient (Wildman–Crippen LogP) is 2.48. The number of fused-ring (bicyclic) bond motifs is 5. The Kier molecular flexibility index (Phi) is 2.17. The zero-order valence-corrected chi connectivity index (χ0v) is 11.0. The second kappa shape index (κ2) is 3.56. The Bertz CT molecular complexity index is 453. The van der Waals surface area contributed by atoms with Crippen molar-refractivity contribution in [3.8, 4) is 0 Å². The van der Waals surface area contributed by atoms with Gasteiger partial charge in [-0.2, -0.15) is 4.98 Å². The van der Waals surface area contributed by atoms with Gasteiger partial charge in [-0.25, -0.2) is 0 Å². The molecule has 98 valence electrons. The van der Waals surface area contributed by atoms with Crippen LogP contribution < -0.4 is 5.73 Å². The average molecular weight is 247 g/mol. The molecular weight excluding hydrogens is 226 g/mol. The molecule has 1 aromatic heterocycles. The summed E-state index contributed by atoms with van der Waals surface area (Å²) in [6.07, 6.45) is 4.31. The van der Waals surface area contributed by atoms with Gasteiger partial charge in [-0.3, -0.25) is 0 Å². The Morgan fingerprint density at radius 3 is 2.50 bits per heavy atom. The van der Waals surface area contributed by atoms with Crippen molar-refractivity contribution in [2.24, 2.45) is 35.3 Å². The van der Waals surface area contributed by atoms with Crippen LogP contribution in [0, 0.1) is 29.6 Å². The lowest BCUT2D eigenvalue weighted by molar-refractivity contribution is 0.346. The third kappa shape index (κ3) is 1.35. The average Bonchev–Trinajstić information content (AvgIpc) is 2.79. The van der Waals surface area contributed by atoms with Crippen LogP contribution in [0.15, 0.2) is 4.52 Å². The zero-order valence-electron chi connectivity index (χ0n) is 11.0. The van der Waals surface area contributed by atoms with Gasteiger partial charge >= 0.3 is 0 Å². The molecule has 1 heterocycles. The van der Waals surface area contributed by atoms with E-state index in [0.717, 1.165) is 29.6 Å². The summed E-state index contributed by atoms with van der Waals surface area (Å²) in [6.45, 7) is 4.18. The molecule has 3 aliphatic carbocycles. The largest absolute Gasteiger partial charge is 0.339 e. The summed E-state index contributed by atoms with van der Waals surface area (Å²) < 4.78 is 5.48. The zero-order chi connectivity index (χ0) is 12.4. The second-order valence-corrected chi connectivity index (χ2v) is 6.77. The fraction of sp³-hybridized carbons (Fsp3) is 0.857. The first-order valence-electron chi connectivity index (χ1n) is 7.26. The van der Waals surface area contributed by atoms with E-state index in [2.05, 4.69) is 24.0 Å². The molecule has 3 aliphatic rings. The van der Waals surface area contributed by atoms with Gasteiger partial charge in [0, 0.05) is 5.92 Å². The minimum atomic E-state index is -0.0992. The molecule has 0 radical (unpaired) electrons. The van der Waals surface area contributed by atoms with Crippen molar-refractivity contribution < 1.29 is 4.52 Å². The molecule has 4 rings (SSSR count). The van der Waals surface area contributed by atoms with Gasteiger partial charge in [0.2, 0.25) is 5.89 Å². The number of nitrogens with two attached hydrogens (primary N) is 1. The summed E-state index contributed by atoms with van der Waals surface area (Å²) in [5.74, 6) is 6.07. The van der Waals surface area contributed by atoms with E-state index in [0.29, 0.717) is 17.7 Å². The van der Waals surface area contributed by atoms with Crippen molar-refractivity contribution >= 4 is 0 Å². The predicted molar refractivity (Wildman–Crippen MR) is 66.6 cm³/mol. The van der Waals surface area contributed by atoms with Crippen molar-refractivity contribution in [2.75, 3.05) is 0 Å². The van der Waals surface area contributed by atoms with Gasteiger partial charge in [0.1, 0.15) is 0 Å². The van der Waals surface area contributed by atoms with Gasteiger partial charge in [-0.1, -0.05) is 19.0 Å². The molecule has 18 heavy (non-hydrogen) atoms. The Labute approximate surface area is 107 Å². The maximum absolute atomic E-state index is 6.07. The molecule has 3 saturated carbocycles. The summed E-state index contributed by atoms with van der Waals surface area (Å²) in [5.41, 5.74) is 6.07. The highest BCUT2D eigenvalue weighted by Gasteiger charge is 2.67. The first kappa shape index (κ1) is 11.0. The van der Waals surface area contributed by atoms with E-state index in [4.69, 9.17) is 10.3 Å². The van der Waals surface area contributed by atoms with Crippen LogP contribution in [0.25, 0.3) is 0 Å². The van der Waals surface area contributed by atoms with E-state index in [-0.39, 0.29) is 6.04 Å². The summed E-state index contributed by atoms with van der Waals surface area (Å²) in [4.78, 5) is 4.57. The van der Waals surface area contributed by atoms with Crippen LogP contribution in [0.4, 0.5) is 0 Å². The van der Waals surface area contributed by atoms with Crippen molar-refractivity contribution in [3.63, 3.8) is 0 Å². The molecule has 2 bridgehead atoms. The van der Waals surface area contributed by atoms with Gasteiger partial charge in [0.15, 0.2) is 5.82 Å². The van der Waals surface area contributed by atoms with Crippen LogP contribution in [0.1, 0.15) is 56.8 Å². The molecule has 3 fully saturated rings. The van der Waals surface area contributed by atoms with Gasteiger partial charge in [-0.15, -0.1) is 0 Å². The molecule has 0 aromatic carbocycles. The molecule has 0 aliphatic heterocycles. The third-order valence-electron chi connectivity index (χ3n) is 5.49. The number of aromatic nitrogens is 2. The van der Waals surface area contributed by atoms with Crippen LogP contribution in [0.2, 0.25) is 0 Å². The molecule has 2 N–H and O–H groups in total. The summed E-state index contributed by atoms with van der Waals surface area (Å²) in [6, 6.07) is -0.0992. The number of nitrogens with zero attached hydrogens (tertiary/aromatic N) is 2. The maximum Gasteiger partial charge on any atom is 0.230 e. The molecule has 0 saturated heterocycles.